The molecule has 0 saturated heterocycles. The van der Waals surface area contributed by atoms with Crippen LogP contribution in [0.5, 0.6) is 0 Å². The number of alkyl halides is 1. The first-order chi connectivity index (χ1) is 4.31. The molecule has 1 atom stereocenters. The highest BCUT2D eigenvalue weighted by molar-refractivity contribution is 9.09. The molecule has 0 spiro atoms. The summed E-state index contributed by atoms with van der Waals surface area (Å²) in [5, 5.41) is 9.61. The molecule has 0 aliphatic rings. The van der Waals surface area contributed by atoms with E-state index in [4.69, 9.17) is 5.11 Å². The van der Waals surface area contributed by atoms with Crippen LogP contribution in [0.15, 0.2) is 0 Å². The number of hydrogen-bond donors (Lipinski definition) is 1. The molecule has 0 rings (SSSR count). The minimum Gasteiger partial charge on any atom is -0.396 e. The fourth-order valence-electron chi connectivity index (χ4n) is 0.790. The molecular weight excluding hydrogens is 180 g/mol. The van der Waals surface area contributed by atoms with Crippen LogP contribution in [0, 0.1) is 5.92 Å². The summed E-state index contributed by atoms with van der Waals surface area (Å²) in [4.78, 5) is 0. The summed E-state index contributed by atoms with van der Waals surface area (Å²) in [5.41, 5.74) is 0. The highest BCUT2D eigenvalue weighted by atomic mass is 79.9. The first-order valence-corrected chi connectivity index (χ1v) is 4.60. The Bertz CT molecular complexity index is 56.9. The Morgan fingerprint density at radius 2 is 2.11 bits per heavy atom. The van der Waals surface area contributed by atoms with Gasteiger partial charge in [-0.05, 0) is 25.2 Å². The summed E-state index contributed by atoms with van der Waals surface area (Å²) in [6, 6.07) is 0. The van der Waals surface area contributed by atoms with E-state index >= 15 is 0 Å². The third-order valence-electron chi connectivity index (χ3n) is 1.45. The molecular formula is C7H15BrO. The Balaban J connectivity index is 2.95. The van der Waals surface area contributed by atoms with Crippen LogP contribution in [0.25, 0.3) is 0 Å². The molecule has 0 aliphatic carbocycles. The highest BCUT2D eigenvalue weighted by Gasteiger charge is 1.98. The zero-order valence-electron chi connectivity index (χ0n) is 5.94. The van der Waals surface area contributed by atoms with Gasteiger partial charge in [0.25, 0.3) is 0 Å². The minimum absolute atomic E-state index is 0.337. The van der Waals surface area contributed by atoms with Crippen molar-refractivity contribution in [3.63, 3.8) is 0 Å². The van der Waals surface area contributed by atoms with Crippen LogP contribution in [0.3, 0.4) is 0 Å². The second-order valence-corrected chi connectivity index (χ2v) is 3.24. The molecule has 0 aliphatic heterocycles. The van der Waals surface area contributed by atoms with Crippen molar-refractivity contribution in [3.05, 3.63) is 0 Å². The number of hydrogen-bond acceptors (Lipinski definition) is 1. The van der Waals surface area contributed by atoms with Crippen molar-refractivity contribution in [3.8, 4) is 0 Å². The predicted molar refractivity (Wildman–Crippen MR) is 43.9 cm³/mol. The molecule has 56 valence electrons. The summed E-state index contributed by atoms with van der Waals surface area (Å²) < 4.78 is 0. The molecule has 9 heavy (non-hydrogen) atoms. The van der Waals surface area contributed by atoms with Crippen LogP contribution in [0.2, 0.25) is 0 Å². The summed E-state index contributed by atoms with van der Waals surface area (Å²) in [6.45, 7) is 2.52. The van der Waals surface area contributed by atoms with E-state index in [0.717, 1.165) is 11.8 Å². The zero-order valence-corrected chi connectivity index (χ0v) is 7.52. The lowest BCUT2D eigenvalue weighted by atomic mass is 10.0. The average molecular weight is 195 g/mol. The van der Waals surface area contributed by atoms with Crippen molar-refractivity contribution < 1.29 is 5.11 Å². The maximum Gasteiger partial charge on any atom is 0.0433 e. The standard InChI is InChI=1S/C7H15BrO/c1-7(4-6-9)3-2-5-8/h7,9H,2-6H2,1H3. The van der Waals surface area contributed by atoms with Gasteiger partial charge in [-0.1, -0.05) is 22.9 Å². The minimum atomic E-state index is 0.337. The third kappa shape index (κ3) is 6.32. The van der Waals surface area contributed by atoms with E-state index in [2.05, 4.69) is 22.9 Å². The van der Waals surface area contributed by atoms with Gasteiger partial charge in [0.15, 0.2) is 0 Å². The van der Waals surface area contributed by atoms with Gasteiger partial charge in [-0.3, -0.25) is 0 Å². The first kappa shape index (κ1) is 9.44. The largest absolute Gasteiger partial charge is 0.396 e. The van der Waals surface area contributed by atoms with Crippen LogP contribution < -0.4 is 0 Å². The fraction of sp³-hybridized carbons (Fsp3) is 1.00. The molecule has 0 aromatic carbocycles. The second-order valence-electron chi connectivity index (χ2n) is 2.45. The summed E-state index contributed by atoms with van der Waals surface area (Å²) in [5.74, 6) is 0.688. The topological polar surface area (TPSA) is 20.2 Å². The maximum atomic E-state index is 8.52. The normalized spacial score (nSPS) is 13.7. The molecule has 0 amide bonds. The van der Waals surface area contributed by atoms with E-state index in [1.807, 2.05) is 0 Å². The van der Waals surface area contributed by atoms with E-state index in [0.29, 0.717) is 12.5 Å². The lowest BCUT2D eigenvalue weighted by Crippen LogP contribution is -1.97. The quantitative estimate of drug-likeness (QED) is 0.666. The van der Waals surface area contributed by atoms with Crippen LogP contribution in [0.4, 0.5) is 0 Å². The molecule has 0 fully saturated rings. The number of aliphatic hydroxyl groups is 1. The first-order valence-electron chi connectivity index (χ1n) is 3.48. The van der Waals surface area contributed by atoms with Gasteiger partial charge in [0.05, 0.1) is 0 Å². The Kier molecular flexibility index (Phi) is 6.88. The molecule has 0 heterocycles. The van der Waals surface area contributed by atoms with Crippen LogP contribution in [-0.4, -0.2) is 17.0 Å². The van der Waals surface area contributed by atoms with Gasteiger partial charge in [-0.15, -0.1) is 0 Å². The monoisotopic (exact) mass is 194 g/mol. The lowest BCUT2D eigenvalue weighted by molar-refractivity contribution is 0.258. The van der Waals surface area contributed by atoms with Crippen molar-refractivity contribution >= 4 is 15.9 Å². The molecule has 0 saturated carbocycles. The zero-order chi connectivity index (χ0) is 7.11. The second kappa shape index (κ2) is 6.56. The van der Waals surface area contributed by atoms with Crippen molar-refractivity contribution in [1.29, 1.82) is 0 Å². The van der Waals surface area contributed by atoms with Gasteiger partial charge in [-0.2, -0.15) is 0 Å². The molecule has 1 N–H and O–H groups in total. The number of rotatable bonds is 5. The van der Waals surface area contributed by atoms with E-state index in [-0.39, 0.29) is 0 Å². The number of halogens is 1. The smallest absolute Gasteiger partial charge is 0.0433 e. The van der Waals surface area contributed by atoms with E-state index in [9.17, 15) is 0 Å². The SMILES string of the molecule is CC(CCO)CCCBr. The molecule has 0 radical (unpaired) electrons. The lowest BCUT2D eigenvalue weighted by Gasteiger charge is -2.06. The van der Waals surface area contributed by atoms with E-state index in [1.165, 1.54) is 12.8 Å². The van der Waals surface area contributed by atoms with Gasteiger partial charge in [0, 0.05) is 11.9 Å². The van der Waals surface area contributed by atoms with Gasteiger partial charge in [-0.25, -0.2) is 0 Å². The summed E-state index contributed by atoms with van der Waals surface area (Å²) in [7, 11) is 0. The van der Waals surface area contributed by atoms with E-state index in [1.54, 1.807) is 0 Å². The van der Waals surface area contributed by atoms with E-state index < -0.39 is 0 Å². The van der Waals surface area contributed by atoms with Crippen LogP contribution in [0.1, 0.15) is 26.2 Å². The number of aliphatic hydroxyl groups excluding tert-OH is 1. The third-order valence-corrected chi connectivity index (χ3v) is 2.01. The Hall–Kier alpha value is 0.440. The Morgan fingerprint density at radius 1 is 1.44 bits per heavy atom. The van der Waals surface area contributed by atoms with Crippen LogP contribution >= 0.6 is 15.9 Å². The molecule has 1 nitrogen and oxygen atoms in total. The Morgan fingerprint density at radius 3 is 2.56 bits per heavy atom. The van der Waals surface area contributed by atoms with Crippen molar-refractivity contribution in [2.45, 2.75) is 26.2 Å². The van der Waals surface area contributed by atoms with Gasteiger partial charge < -0.3 is 5.11 Å². The van der Waals surface area contributed by atoms with Gasteiger partial charge >= 0.3 is 0 Å². The van der Waals surface area contributed by atoms with Crippen molar-refractivity contribution in [1.82, 2.24) is 0 Å². The molecule has 2 heteroatoms. The molecule has 0 aromatic heterocycles. The van der Waals surface area contributed by atoms with Gasteiger partial charge in [0.2, 0.25) is 0 Å². The Labute approximate surface area is 65.6 Å². The molecule has 0 bridgehead atoms. The highest BCUT2D eigenvalue weighted by Crippen LogP contribution is 2.09. The summed E-state index contributed by atoms with van der Waals surface area (Å²) >= 11 is 3.37. The molecule has 1 unspecified atom stereocenters. The van der Waals surface area contributed by atoms with Crippen molar-refractivity contribution in [2.24, 2.45) is 5.92 Å². The molecule has 0 aromatic rings. The summed E-state index contributed by atoms with van der Waals surface area (Å²) in [6.07, 6.45) is 3.40. The predicted octanol–water partition coefficient (Wildman–Crippen LogP) is 2.18. The average Bonchev–Trinajstić information content (AvgIpc) is 1.85. The van der Waals surface area contributed by atoms with Gasteiger partial charge in [0.1, 0.15) is 0 Å². The van der Waals surface area contributed by atoms with Crippen LogP contribution in [-0.2, 0) is 0 Å². The van der Waals surface area contributed by atoms with Crippen molar-refractivity contribution in [2.75, 3.05) is 11.9 Å². The fourth-order valence-corrected chi connectivity index (χ4v) is 1.11. The maximum absolute atomic E-state index is 8.52.